The van der Waals surface area contributed by atoms with Crippen LogP contribution in [0.5, 0.6) is 0 Å². The lowest BCUT2D eigenvalue weighted by Gasteiger charge is -2.18. The molecule has 0 fully saturated rings. The molecule has 1 aliphatic carbocycles. The fraction of sp³-hybridized carbons (Fsp3) is 0.529. The van der Waals surface area contributed by atoms with Gasteiger partial charge in [-0.3, -0.25) is 4.79 Å². The van der Waals surface area contributed by atoms with Crippen LogP contribution >= 0.6 is 0 Å². The molecule has 0 heterocycles. The summed E-state index contributed by atoms with van der Waals surface area (Å²) in [5.74, 6) is -1.05. The van der Waals surface area contributed by atoms with E-state index in [1.165, 1.54) is 0 Å². The molecule has 0 bridgehead atoms. The first-order valence-corrected chi connectivity index (χ1v) is 7.64. The van der Waals surface area contributed by atoms with Crippen LogP contribution in [0.2, 0.25) is 0 Å². The smallest absolute Gasteiger partial charge is 0.333 e. The molecule has 0 aromatic rings. The monoisotopic (exact) mass is 291 g/mol. The van der Waals surface area contributed by atoms with Crippen LogP contribution in [-0.2, 0) is 9.59 Å². The average molecular weight is 291 g/mol. The number of carboxylic acids is 1. The molecule has 0 spiro atoms. The van der Waals surface area contributed by atoms with E-state index in [2.05, 4.69) is 24.9 Å². The standard InChI is InChI=1S/C17H25NO3/c1-3-4-5-8-13(2)11-12-16(19)18-15-10-7-6-9-14(15)17(20)21/h5,8H,2-4,6-7,9-12H2,1H3,(H,18,19)(H,20,21)/b8-5+. The Labute approximate surface area is 126 Å². The topological polar surface area (TPSA) is 66.4 Å². The van der Waals surface area contributed by atoms with Crippen molar-refractivity contribution in [3.8, 4) is 0 Å². The zero-order chi connectivity index (χ0) is 15.7. The third kappa shape index (κ3) is 6.43. The highest BCUT2D eigenvalue weighted by atomic mass is 16.4. The minimum Gasteiger partial charge on any atom is -0.478 e. The van der Waals surface area contributed by atoms with Gasteiger partial charge in [-0.05, 0) is 38.5 Å². The molecule has 4 heteroatoms. The Morgan fingerprint density at radius 2 is 2.00 bits per heavy atom. The summed E-state index contributed by atoms with van der Waals surface area (Å²) in [6, 6.07) is 0. The number of aliphatic carboxylic acids is 1. The lowest BCUT2D eigenvalue weighted by atomic mass is 9.96. The molecule has 0 radical (unpaired) electrons. The molecule has 0 atom stereocenters. The van der Waals surface area contributed by atoms with E-state index in [1.807, 2.05) is 6.08 Å². The molecule has 4 nitrogen and oxygen atoms in total. The second kappa shape index (κ2) is 9.16. The van der Waals surface area contributed by atoms with Crippen molar-refractivity contribution in [2.75, 3.05) is 0 Å². The fourth-order valence-corrected chi connectivity index (χ4v) is 2.28. The number of carbonyl (C=O) groups is 2. The number of allylic oxidation sites excluding steroid dienone is 4. The van der Waals surface area contributed by atoms with Gasteiger partial charge in [-0.15, -0.1) is 0 Å². The molecule has 0 saturated carbocycles. The van der Waals surface area contributed by atoms with Crippen molar-refractivity contribution in [1.82, 2.24) is 5.32 Å². The molecule has 0 unspecified atom stereocenters. The van der Waals surface area contributed by atoms with E-state index in [0.29, 0.717) is 37.0 Å². The third-order valence-corrected chi connectivity index (χ3v) is 3.50. The lowest BCUT2D eigenvalue weighted by molar-refractivity contribution is -0.133. The van der Waals surface area contributed by atoms with Gasteiger partial charge in [-0.2, -0.15) is 0 Å². The Kier molecular flexibility index (Phi) is 7.51. The summed E-state index contributed by atoms with van der Waals surface area (Å²) < 4.78 is 0. The number of hydrogen-bond donors (Lipinski definition) is 2. The van der Waals surface area contributed by atoms with Crippen LogP contribution in [0.3, 0.4) is 0 Å². The molecular weight excluding hydrogens is 266 g/mol. The van der Waals surface area contributed by atoms with Crippen molar-refractivity contribution in [3.05, 3.63) is 35.6 Å². The van der Waals surface area contributed by atoms with Gasteiger partial charge in [0.25, 0.3) is 0 Å². The number of carbonyl (C=O) groups excluding carboxylic acids is 1. The van der Waals surface area contributed by atoms with E-state index >= 15 is 0 Å². The molecule has 1 rings (SSSR count). The predicted octanol–water partition coefficient (Wildman–Crippen LogP) is 3.71. The Morgan fingerprint density at radius 3 is 2.67 bits per heavy atom. The molecular formula is C17H25NO3. The van der Waals surface area contributed by atoms with Gasteiger partial charge < -0.3 is 10.4 Å². The molecule has 0 saturated heterocycles. The first kappa shape index (κ1) is 17.2. The quantitative estimate of drug-likeness (QED) is 0.670. The van der Waals surface area contributed by atoms with E-state index in [1.54, 1.807) is 0 Å². The predicted molar refractivity (Wildman–Crippen MR) is 83.7 cm³/mol. The largest absolute Gasteiger partial charge is 0.478 e. The van der Waals surface area contributed by atoms with Gasteiger partial charge >= 0.3 is 5.97 Å². The van der Waals surface area contributed by atoms with E-state index in [9.17, 15) is 9.59 Å². The number of amides is 1. The summed E-state index contributed by atoms with van der Waals surface area (Å²) in [7, 11) is 0. The maximum Gasteiger partial charge on any atom is 0.333 e. The minimum absolute atomic E-state index is 0.129. The average Bonchev–Trinajstić information content (AvgIpc) is 2.46. The fourth-order valence-electron chi connectivity index (χ4n) is 2.28. The van der Waals surface area contributed by atoms with E-state index in [4.69, 9.17) is 5.11 Å². The first-order chi connectivity index (χ1) is 10.0. The summed E-state index contributed by atoms with van der Waals surface area (Å²) in [6.45, 7) is 6.03. The van der Waals surface area contributed by atoms with Crippen molar-refractivity contribution in [1.29, 1.82) is 0 Å². The van der Waals surface area contributed by atoms with Gasteiger partial charge in [-0.1, -0.05) is 37.6 Å². The van der Waals surface area contributed by atoms with Gasteiger partial charge in [0.1, 0.15) is 0 Å². The third-order valence-electron chi connectivity index (χ3n) is 3.50. The molecule has 2 N–H and O–H groups in total. The van der Waals surface area contributed by atoms with Gasteiger partial charge in [0.15, 0.2) is 0 Å². The molecule has 1 aliphatic rings. The Morgan fingerprint density at radius 1 is 1.29 bits per heavy atom. The Bertz CT molecular complexity index is 461. The van der Waals surface area contributed by atoms with Crippen molar-refractivity contribution < 1.29 is 14.7 Å². The van der Waals surface area contributed by atoms with Crippen molar-refractivity contribution in [2.45, 2.75) is 58.3 Å². The Hall–Kier alpha value is -1.84. The second-order valence-corrected chi connectivity index (χ2v) is 5.37. The molecule has 21 heavy (non-hydrogen) atoms. The van der Waals surface area contributed by atoms with Crippen LogP contribution in [0.25, 0.3) is 0 Å². The van der Waals surface area contributed by atoms with Gasteiger partial charge in [0, 0.05) is 12.1 Å². The molecule has 116 valence electrons. The highest BCUT2D eigenvalue weighted by Gasteiger charge is 2.19. The second-order valence-electron chi connectivity index (χ2n) is 5.37. The number of carboxylic acid groups (broad SMARTS) is 1. The van der Waals surface area contributed by atoms with Gasteiger partial charge in [0.05, 0.1) is 5.57 Å². The highest BCUT2D eigenvalue weighted by Crippen LogP contribution is 2.23. The van der Waals surface area contributed by atoms with Crippen LogP contribution in [0.15, 0.2) is 35.6 Å². The minimum atomic E-state index is -0.920. The summed E-state index contributed by atoms with van der Waals surface area (Å²) >= 11 is 0. The summed E-state index contributed by atoms with van der Waals surface area (Å²) in [5.41, 5.74) is 1.87. The lowest BCUT2D eigenvalue weighted by Crippen LogP contribution is -2.27. The van der Waals surface area contributed by atoms with E-state index in [0.717, 1.165) is 31.3 Å². The molecule has 0 aromatic heterocycles. The Balaban J connectivity index is 2.46. The number of rotatable bonds is 8. The number of nitrogens with one attached hydrogen (secondary N) is 1. The van der Waals surface area contributed by atoms with Crippen LogP contribution in [0.4, 0.5) is 0 Å². The van der Waals surface area contributed by atoms with E-state index < -0.39 is 5.97 Å². The van der Waals surface area contributed by atoms with Crippen LogP contribution in [0.1, 0.15) is 58.3 Å². The zero-order valence-electron chi connectivity index (χ0n) is 12.8. The summed E-state index contributed by atoms with van der Waals surface area (Å²) in [4.78, 5) is 23.0. The highest BCUT2D eigenvalue weighted by molar-refractivity contribution is 5.89. The number of hydrogen-bond acceptors (Lipinski definition) is 2. The van der Waals surface area contributed by atoms with Crippen molar-refractivity contribution in [2.24, 2.45) is 0 Å². The SMILES string of the molecule is C=C(/C=C/CCC)CCC(=O)NC1=C(C(=O)O)CCCC1. The summed E-state index contributed by atoms with van der Waals surface area (Å²) in [5, 5.41) is 11.9. The zero-order valence-corrected chi connectivity index (χ0v) is 12.8. The number of unbranched alkanes of at least 4 members (excludes halogenated alkanes) is 1. The summed E-state index contributed by atoms with van der Waals surface area (Å²) in [6.07, 6.45) is 10.1. The van der Waals surface area contributed by atoms with Crippen molar-refractivity contribution >= 4 is 11.9 Å². The molecule has 1 amide bonds. The van der Waals surface area contributed by atoms with E-state index in [-0.39, 0.29) is 5.91 Å². The van der Waals surface area contributed by atoms with Crippen LogP contribution in [-0.4, -0.2) is 17.0 Å². The molecule has 0 aliphatic heterocycles. The maximum absolute atomic E-state index is 11.9. The van der Waals surface area contributed by atoms with Crippen LogP contribution in [0, 0.1) is 0 Å². The van der Waals surface area contributed by atoms with Gasteiger partial charge in [0.2, 0.25) is 5.91 Å². The normalized spacial score (nSPS) is 15.3. The molecule has 0 aromatic carbocycles. The first-order valence-electron chi connectivity index (χ1n) is 7.64. The van der Waals surface area contributed by atoms with Crippen LogP contribution < -0.4 is 5.32 Å². The maximum atomic E-state index is 11.9. The van der Waals surface area contributed by atoms with Crippen molar-refractivity contribution in [3.63, 3.8) is 0 Å². The van der Waals surface area contributed by atoms with Gasteiger partial charge in [-0.25, -0.2) is 4.79 Å².